The number of amides is 1. The number of nitrogens with zero attached hydrogens (tertiary/aromatic N) is 5. The first-order valence-electron chi connectivity index (χ1n) is 11.7. The summed E-state index contributed by atoms with van der Waals surface area (Å²) in [6, 6.07) is 18.3. The lowest BCUT2D eigenvalue weighted by molar-refractivity contribution is -0.145. The van der Waals surface area contributed by atoms with Crippen molar-refractivity contribution in [1.29, 1.82) is 0 Å². The topological polar surface area (TPSA) is 96.1 Å². The number of ether oxygens (including phenoxy) is 2. The summed E-state index contributed by atoms with van der Waals surface area (Å²) in [7, 11) is 0. The first-order valence-corrected chi connectivity index (χ1v) is 11.7. The number of carbonyl (C=O) groups is 1. The standard InChI is InChI=1S/C26H30N6O3/c1-3-34-25(35-4-2)19-32-18-24(29-30-32)26(33)27-16-22-8-5-6-9-23(22)21-12-10-20(11-13-21)17-31-15-7-14-28-31/h5-15,18,25H,3-4,16-17,19H2,1-2H3,(H,27,33). The largest absolute Gasteiger partial charge is 0.351 e. The van der Waals surface area contributed by atoms with E-state index in [2.05, 4.69) is 51.1 Å². The number of hydrogen-bond donors (Lipinski definition) is 1. The summed E-state index contributed by atoms with van der Waals surface area (Å²) in [5.41, 5.74) is 4.58. The molecule has 0 aliphatic carbocycles. The fourth-order valence-electron chi connectivity index (χ4n) is 3.76. The highest BCUT2D eigenvalue weighted by molar-refractivity contribution is 5.91. The third kappa shape index (κ3) is 6.62. The van der Waals surface area contributed by atoms with E-state index in [0.717, 1.165) is 23.2 Å². The van der Waals surface area contributed by atoms with E-state index >= 15 is 0 Å². The third-order valence-corrected chi connectivity index (χ3v) is 5.44. The van der Waals surface area contributed by atoms with Crippen LogP contribution in [0.4, 0.5) is 0 Å². The Morgan fingerprint density at radius 3 is 2.49 bits per heavy atom. The molecule has 4 aromatic rings. The van der Waals surface area contributed by atoms with Crippen LogP contribution in [0.1, 0.15) is 35.5 Å². The van der Waals surface area contributed by atoms with Crippen molar-refractivity contribution in [3.63, 3.8) is 0 Å². The molecule has 2 aromatic heterocycles. The van der Waals surface area contributed by atoms with Crippen LogP contribution in [0.15, 0.2) is 73.2 Å². The van der Waals surface area contributed by atoms with Crippen LogP contribution < -0.4 is 5.32 Å². The van der Waals surface area contributed by atoms with Crippen molar-refractivity contribution in [1.82, 2.24) is 30.1 Å². The van der Waals surface area contributed by atoms with Gasteiger partial charge in [0.1, 0.15) is 0 Å². The van der Waals surface area contributed by atoms with Gasteiger partial charge in [0.15, 0.2) is 12.0 Å². The molecule has 0 aliphatic heterocycles. The second kappa shape index (κ2) is 12.0. The minimum absolute atomic E-state index is 0.247. The molecule has 0 saturated heterocycles. The molecule has 2 heterocycles. The molecule has 0 aliphatic rings. The molecular weight excluding hydrogens is 444 g/mol. The molecule has 9 nitrogen and oxygen atoms in total. The van der Waals surface area contributed by atoms with Crippen LogP contribution in [0.25, 0.3) is 11.1 Å². The summed E-state index contributed by atoms with van der Waals surface area (Å²) in [5, 5.41) is 15.3. The first-order chi connectivity index (χ1) is 17.2. The second-order valence-corrected chi connectivity index (χ2v) is 7.91. The van der Waals surface area contributed by atoms with Crippen LogP contribution in [-0.2, 0) is 29.1 Å². The fraction of sp³-hybridized carbons (Fsp3) is 0.308. The van der Waals surface area contributed by atoms with Gasteiger partial charge in [-0.1, -0.05) is 53.7 Å². The number of hydrogen-bond acceptors (Lipinski definition) is 6. The maximum absolute atomic E-state index is 12.7. The minimum Gasteiger partial charge on any atom is -0.351 e. The lowest BCUT2D eigenvalue weighted by Crippen LogP contribution is -2.24. The maximum atomic E-state index is 12.7. The lowest BCUT2D eigenvalue weighted by Gasteiger charge is -2.16. The summed E-state index contributed by atoms with van der Waals surface area (Å²) in [6.45, 7) is 6.32. The second-order valence-electron chi connectivity index (χ2n) is 7.91. The van der Waals surface area contributed by atoms with Gasteiger partial charge in [0.05, 0.1) is 19.3 Å². The zero-order valence-corrected chi connectivity index (χ0v) is 20.0. The van der Waals surface area contributed by atoms with Crippen molar-refractivity contribution in [2.45, 2.75) is 39.8 Å². The highest BCUT2D eigenvalue weighted by Crippen LogP contribution is 2.24. The average molecular weight is 475 g/mol. The van der Waals surface area contributed by atoms with Crippen molar-refractivity contribution in [3.8, 4) is 11.1 Å². The molecule has 4 rings (SSSR count). The molecule has 0 radical (unpaired) electrons. The van der Waals surface area contributed by atoms with Gasteiger partial charge in [-0.15, -0.1) is 5.10 Å². The summed E-state index contributed by atoms with van der Waals surface area (Å²) in [6.07, 6.45) is 4.89. The zero-order chi connectivity index (χ0) is 24.5. The summed E-state index contributed by atoms with van der Waals surface area (Å²) < 4.78 is 14.5. The van der Waals surface area contributed by atoms with Crippen LogP contribution in [0.3, 0.4) is 0 Å². The predicted molar refractivity (Wildman–Crippen MR) is 131 cm³/mol. The zero-order valence-electron chi connectivity index (χ0n) is 20.0. The van der Waals surface area contributed by atoms with Crippen LogP contribution in [0, 0.1) is 0 Å². The molecule has 0 unspecified atom stereocenters. The smallest absolute Gasteiger partial charge is 0.273 e. The molecule has 0 fully saturated rings. The van der Waals surface area contributed by atoms with E-state index in [1.54, 1.807) is 17.1 Å². The van der Waals surface area contributed by atoms with Crippen LogP contribution in [0.2, 0.25) is 0 Å². The molecule has 0 saturated carbocycles. The van der Waals surface area contributed by atoms with E-state index < -0.39 is 6.29 Å². The molecule has 2 aromatic carbocycles. The van der Waals surface area contributed by atoms with Gasteiger partial charge in [-0.3, -0.25) is 9.48 Å². The summed E-state index contributed by atoms with van der Waals surface area (Å²) in [5.74, 6) is -0.287. The molecule has 0 bridgehead atoms. The number of aromatic nitrogens is 5. The minimum atomic E-state index is -0.430. The lowest BCUT2D eigenvalue weighted by atomic mass is 9.98. The van der Waals surface area contributed by atoms with E-state index in [9.17, 15) is 4.79 Å². The van der Waals surface area contributed by atoms with Crippen LogP contribution >= 0.6 is 0 Å². The molecule has 0 spiro atoms. The van der Waals surface area contributed by atoms with Gasteiger partial charge in [-0.25, -0.2) is 4.68 Å². The summed E-state index contributed by atoms with van der Waals surface area (Å²) in [4.78, 5) is 12.7. The van der Waals surface area contributed by atoms with E-state index in [1.807, 2.05) is 49.0 Å². The quantitative estimate of drug-likeness (QED) is 0.316. The average Bonchev–Trinajstić information content (AvgIpc) is 3.56. The van der Waals surface area contributed by atoms with Crippen LogP contribution in [0.5, 0.6) is 0 Å². The van der Waals surface area contributed by atoms with E-state index in [-0.39, 0.29) is 11.6 Å². The molecule has 0 atom stereocenters. The van der Waals surface area contributed by atoms with Crippen molar-refractivity contribution in [3.05, 3.63) is 90.0 Å². The fourth-order valence-corrected chi connectivity index (χ4v) is 3.76. The molecule has 9 heteroatoms. The van der Waals surface area contributed by atoms with E-state index in [1.165, 1.54) is 5.56 Å². The number of carbonyl (C=O) groups excluding carboxylic acids is 1. The van der Waals surface area contributed by atoms with Crippen LogP contribution in [-0.4, -0.2) is 50.2 Å². The number of nitrogens with one attached hydrogen (secondary N) is 1. The Balaban J connectivity index is 1.38. The van der Waals surface area contributed by atoms with E-state index in [0.29, 0.717) is 26.3 Å². The van der Waals surface area contributed by atoms with Gasteiger partial charge in [0.2, 0.25) is 0 Å². The highest BCUT2D eigenvalue weighted by atomic mass is 16.7. The maximum Gasteiger partial charge on any atom is 0.273 e. The van der Waals surface area contributed by atoms with Crippen molar-refractivity contribution < 1.29 is 14.3 Å². The Kier molecular flexibility index (Phi) is 8.37. The Hall–Kier alpha value is -3.82. The van der Waals surface area contributed by atoms with Gasteiger partial charge >= 0.3 is 0 Å². The Morgan fingerprint density at radius 1 is 1.00 bits per heavy atom. The summed E-state index contributed by atoms with van der Waals surface area (Å²) >= 11 is 0. The van der Waals surface area contributed by atoms with Crippen molar-refractivity contribution in [2.24, 2.45) is 0 Å². The SMILES string of the molecule is CCOC(Cn1cc(C(=O)NCc2ccccc2-c2ccc(Cn3cccn3)cc2)nn1)OCC. The third-order valence-electron chi connectivity index (χ3n) is 5.44. The van der Waals surface area contributed by atoms with Gasteiger partial charge < -0.3 is 14.8 Å². The Morgan fingerprint density at radius 2 is 1.77 bits per heavy atom. The van der Waals surface area contributed by atoms with Gasteiger partial charge in [-0.05, 0) is 42.2 Å². The highest BCUT2D eigenvalue weighted by Gasteiger charge is 2.15. The Bertz CT molecular complexity index is 1200. The van der Waals surface area contributed by atoms with Crippen molar-refractivity contribution in [2.75, 3.05) is 13.2 Å². The number of benzene rings is 2. The van der Waals surface area contributed by atoms with Gasteiger partial charge in [-0.2, -0.15) is 5.10 Å². The predicted octanol–water partition coefficient (Wildman–Crippen LogP) is 3.52. The molecule has 1 amide bonds. The monoisotopic (exact) mass is 474 g/mol. The number of rotatable bonds is 12. The molecular formula is C26H30N6O3. The van der Waals surface area contributed by atoms with Gasteiger partial charge in [0.25, 0.3) is 5.91 Å². The Labute approximate surface area is 204 Å². The normalized spacial score (nSPS) is 11.2. The molecule has 1 N–H and O–H groups in total. The molecule has 182 valence electrons. The van der Waals surface area contributed by atoms with E-state index in [4.69, 9.17) is 9.47 Å². The molecule has 35 heavy (non-hydrogen) atoms. The first kappa shape index (κ1) is 24.3. The van der Waals surface area contributed by atoms with Gasteiger partial charge in [0, 0.05) is 32.2 Å². The van der Waals surface area contributed by atoms with Crippen molar-refractivity contribution >= 4 is 5.91 Å².